The maximum Gasteiger partial charge on any atom is 0.328 e. The summed E-state index contributed by atoms with van der Waals surface area (Å²) in [5.41, 5.74) is 5.27. The first kappa shape index (κ1) is 22.6. The second-order valence-corrected chi connectivity index (χ2v) is 8.65. The minimum Gasteiger partial charge on any atom is -0.321 e. The minimum absolute atomic E-state index is 0.160. The van der Waals surface area contributed by atoms with Crippen LogP contribution in [0.25, 0.3) is 10.9 Å². The SMILES string of the molecule is Cc1ccc(NC(=O)c2cc3cc(Br)ccc3n2NC(=O)C(=O)Nc2cccc(Cl)c2)cc1. The molecule has 0 unspecified atom stereocenters. The summed E-state index contributed by atoms with van der Waals surface area (Å²) in [7, 11) is 0. The first-order chi connectivity index (χ1) is 15.8. The lowest BCUT2D eigenvalue weighted by atomic mass is 10.2. The van der Waals surface area contributed by atoms with Crippen LogP contribution in [0.1, 0.15) is 16.1 Å². The number of aryl methyl sites for hydroxylation is 1. The highest BCUT2D eigenvalue weighted by Crippen LogP contribution is 2.24. The van der Waals surface area contributed by atoms with Crippen LogP contribution in [-0.4, -0.2) is 22.4 Å². The summed E-state index contributed by atoms with van der Waals surface area (Å²) >= 11 is 9.34. The van der Waals surface area contributed by atoms with E-state index < -0.39 is 17.7 Å². The number of nitrogens with zero attached hydrogens (tertiary/aromatic N) is 1. The van der Waals surface area contributed by atoms with Crippen molar-refractivity contribution in [1.82, 2.24) is 4.68 Å². The van der Waals surface area contributed by atoms with Gasteiger partial charge in [0.05, 0.1) is 5.52 Å². The zero-order valence-corrected chi connectivity index (χ0v) is 19.7. The highest BCUT2D eigenvalue weighted by molar-refractivity contribution is 9.10. The molecule has 7 nitrogen and oxygen atoms in total. The lowest BCUT2D eigenvalue weighted by Gasteiger charge is -2.13. The van der Waals surface area contributed by atoms with Gasteiger partial charge in [0.2, 0.25) is 0 Å². The minimum atomic E-state index is -0.945. The summed E-state index contributed by atoms with van der Waals surface area (Å²) in [4.78, 5) is 38.2. The molecule has 0 aliphatic rings. The van der Waals surface area contributed by atoms with E-state index in [4.69, 9.17) is 11.6 Å². The zero-order valence-electron chi connectivity index (χ0n) is 17.4. The van der Waals surface area contributed by atoms with Gasteiger partial charge in [-0.3, -0.25) is 19.8 Å². The zero-order chi connectivity index (χ0) is 23.5. The predicted octanol–water partition coefficient (Wildman–Crippen LogP) is 5.33. The van der Waals surface area contributed by atoms with E-state index in [1.54, 1.807) is 48.5 Å². The van der Waals surface area contributed by atoms with E-state index in [-0.39, 0.29) is 5.69 Å². The number of nitrogens with one attached hydrogen (secondary N) is 3. The van der Waals surface area contributed by atoms with Crippen molar-refractivity contribution in [2.24, 2.45) is 0 Å². The normalized spacial score (nSPS) is 10.6. The maximum atomic E-state index is 13.0. The molecule has 3 aromatic carbocycles. The number of carbonyl (C=O) groups is 3. The number of benzene rings is 3. The van der Waals surface area contributed by atoms with E-state index in [2.05, 4.69) is 32.0 Å². The average Bonchev–Trinajstić information content (AvgIpc) is 3.12. The number of halogens is 2. The molecular weight excluding hydrogens is 508 g/mol. The van der Waals surface area contributed by atoms with Gasteiger partial charge in [0.15, 0.2) is 0 Å². The molecule has 9 heteroatoms. The van der Waals surface area contributed by atoms with Crippen LogP contribution in [0.2, 0.25) is 5.02 Å². The number of rotatable bonds is 4. The van der Waals surface area contributed by atoms with Crippen molar-refractivity contribution in [3.05, 3.63) is 93.5 Å². The molecule has 1 heterocycles. The van der Waals surface area contributed by atoms with Crippen LogP contribution < -0.4 is 16.1 Å². The molecule has 4 aromatic rings. The van der Waals surface area contributed by atoms with Crippen LogP contribution in [0, 0.1) is 6.92 Å². The largest absolute Gasteiger partial charge is 0.328 e. The van der Waals surface area contributed by atoms with Crippen molar-refractivity contribution in [3.8, 4) is 0 Å². The maximum absolute atomic E-state index is 13.0. The standard InChI is InChI=1S/C24H18BrClN4O3/c1-14-5-8-18(9-6-14)27-22(31)21-12-15-11-16(25)7-10-20(15)30(21)29-24(33)23(32)28-19-4-2-3-17(26)13-19/h2-13H,1H3,(H,27,31)(H,28,32)(H,29,33). The molecule has 0 fully saturated rings. The molecule has 33 heavy (non-hydrogen) atoms. The van der Waals surface area contributed by atoms with E-state index in [9.17, 15) is 14.4 Å². The Morgan fingerprint density at radius 1 is 0.848 bits per heavy atom. The highest BCUT2D eigenvalue weighted by atomic mass is 79.9. The molecule has 3 N–H and O–H groups in total. The van der Waals surface area contributed by atoms with Crippen molar-refractivity contribution < 1.29 is 14.4 Å². The summed E-state index contributed by atoms with van der Waals surface area (Å²) in [5, 5.41) is 6.43. The van der Waals surface area contributed by atoms with Gasteiger partial charge in [-0.15, -0.1) is 0 Å². The van der Waals surface area contributed by atoms with Crippen molar-refractivity contribution in [2.45, 2.75) is 6.92 Å². The third-order valence-electron chi connectivity index (χ3n) is 4.81. The Kier molecular flexibility index (Phi) is 6.48. The van der Waals surface area contributed by atoms with E-state index in [1.807, 2.05) is 25.1 Å². The molecule has 0 spiro atoms. The summed E-state index contributed by atoms with van der Waals surface area (Å²) < 4.78 is 2.10. The van der Waals surface area contributed by atoms with E-state index in [0.29, 0.717) is 27.3 Å². The third-order valence-corrected chi connectivity index (χ3v) is 5.54. The monoisotopic (exact) mass is 524 g/mol. The number of hydrogen-bond donors (Lipinski definition) is 3. The molecule has 0 bridgehead atoms. The Balaban J connectivity index is 1.62. The Labute approximate surface area is 202 Å². The molecule has 4 rings (SSSR count). The number of fused-ring (bicyclic) bond motifs is 1. The highest BCUT2D eigenvalue weighted by Gasteiger charge is 2.21. The average molecular weight is 526 g/mol. The fourth-order valence-electron chi connectivity index (χ4n) is 3.21. The third kappa shape index (κ3) is 5.24. The summed E-state index contributed by atoms with van der Waals surface area (Å²) in [5.74, 6) is -2.29. The summed E-state index contributed by atoms with van der Waals surface area (Å²) in [6, 6.07) is 20.7. The summed E-state index contributed by atoms with van der Waals surface area (Å²) in [6.07, 6.45) is 0. The van der Waals surface area contributed by atoms with Gasteiger partial charge in [-0.25, -0.2) is 4.68 Å². The van der Waals surface area contributed by atoms with E-state index >= 15 is 0 Å². The molecule has 0 saturated carbocycles. The molecule has 0 aliphatic heterocycles. The second-order valence-electron chi connectivity index (χ2n) is 7.29. The van der Waals surface area contributed by atoms with Crippen LogP contribution >= 0.6 is 27.5 Å². The lowest BCUT2D eigenvalue weighted by Crippen LogP contribution is -2.36. The predicted molar refractivity (Wildman–Crippen MR) is 133 cm³/mol. The Bertz CT molecular complexity index is 1380. The Morgan fingerprint density at radius 3 is 2.33 bits per heavy atom. The number of amides is 3. The van der Waals surface area contributed by atoms with Gasteiger partial charge in [-0.2, -0.15) is 0 Å². The van der Waals surface area contributed by atoms with E-state index in [1.165, 1.54) is 10.7 Å². The van der Waals surface area contributed by atoms with Crippen molar-refractivity contribution in [3.63, 3.8) is 0 Å². The van der Waals surface area contributed by atoms with Gasteiger partial charge >= 0.3 is 11.8 Å². The quantitative estimate of drug-likeness (QED) is 0.315. The van der Waals surface area contributed by atoms with Gasteiger partial charge < -0.3 is 10.6 Å². The van der Waals surface area contributed by atoms with Crippen molar-refractivity contribution in [1.29, 1.82) is 0 Å². The van der Waals surface area contributed by atoms with Crippen molar-refractivity contribution >= 4 is 67.5 Å². The van der Waals surface area contributed by atoms with E-state index in [0.717, 1.165) is 10.0 Å². The van der Waals surface area contributed by atoms with Gasteiger partial charge in [-0.1, -0.05) is 51.3 Å². The van der Waals surface area contributed by atoms with Crippen LogP contribution in [0.4, 0.5) is 11.4 Å². The van der Waals surface area contributed by atoms with Gasteiger partial charge in [0, 0.05) is 26.3 Å². The molecule has 0 atom stereocenters. The number of hydrogen-bond acceptors (Lipinski definition) is 3. The topological polar surface area (TPSA) is 92.2 Å². The van der Waals surface area contributed by atoms with Crippen LogP contribution in [-0.2, 0) is 9.59 Å². The number of aromatic nitrogens is 1. The molecule has 3 amide bonds. The fraction of sp³-hybridized carbons (Fsp3) is 0.0417. The molecule has 0 saturated heterocycles. The first-order valence-electron chi connectivity index (χ1n) is 9.87. The molecule has 0 aliphatic carbocycles. The van der Waals surface area contributed by atoms with Crippen molar-refractivity contribution in [2.75, 3.05) is 16.1 Å². The second kappa shape index (κ2) is 9.48. The first-order valence-corrected chi connectivity index (χ1v) is 11.0. The van der Waals surface area contributed by atoms with Gasteiger partial charge in [0.1, 0.15) is 5.69 Å². The molecule has 0 radical (unpaired) electrons. The number of anilines is 2. The van der Waals surface area contributed by atoms with Gasteiger partial charge in [-0.05, 0) is 61.5 Å². The van der Waals surface area contributed by atoms with Crippen LogP contribution in [0.15, 0.2) is 77.3 Å². The van der Waals surface area contributed by atoms with Crippen LogP contribution in [0.5, 0.6) is 0 Å². The Morgan fingerprint density at radius 2 is 1.61 bits per heavy atom. The van der Waals surface area contributed by atoms with Gasteiger partial charge in [0.25, 0.3) is 5.91 Å². The number of carbonyl (C=O) groups excluding carboxylic acids is 3. The van der Waals surface area contributed by atoms with Crippen LogP contribution in [0.3, 0.4) is 0 Å². The smallest absolute Gasteiger partial charge is 0.321 e. The molecule has 1 aromatic heterocycles. The lowest BCUT2D eigenvalue weighted by molar-refractivity contribution is -0.133. The summed E-state index contributed by atoms with van der Waals surface area (Å²) in [6.45, 7) is 1.95. The Hall–Kier alpha value is -3.62. The molecular formula is C24H18BrClN4O3. The molecule has 166 valence electrons. The fourth-order valence-corrected chi connectivity index (χ4v) is 3.78.